The minimum atomic E-state index is -0.210. The number of terminal acetylenes is 1. The Morgan fingerprint density at radius 3 is 3.15 bits per heavy atom. The molecule has 4 heteroatoms. The van der Waals surface area contributed by atoms with Crippen molar-refractivity contribution >= 4 is 22.4 Å². The Bertz CT molecular complexity index is 300. The van der Waals surface area contributed by atoms with Crippen LogP contribution in [0.5, 0.6) is 0 Å². The van der Waals surface area contributed by atoms with Crippen molar-refractivity contribution in [3.05, 3.63) is 17.5 Å². The van der Waals surface area contributed by atoms with E-state index in [-0.39, 0.29) is 6.03 Å². The zero-order chi connectivity index (χ0) is 9.52. The summed E-state index contributed by atoms with van der Waals surface area (Å²) in [5, 5.41) is 8.05. The number of amides is 2. The summed E-state index contributed by atoms with van der Waals surface area (Å²) in [4.78, 5) is 11.1. The number of nitrogens with one attached hydrogen (secondary N) is 2. The molecule has 0 aromatic carbocycles. The molecule has 0 radical (unpaired) electrons. The van der Waals surface area contributed by atoms with E-state index in [2.05, 4.69) is 16.6 Å². The Morgan fingerprint density at radius 2 is 2.54 bits per heavy atom. The van der Waals surface area contributed by atoms with Crippen molar-refractivity contribution in [1.82, 2.24) is 5.32 Å². The molecule has 3 nitrogen and oxygen atoms in total. The first-order chi connectivity index (χ1) is 6.33. The third kappa shape index (κ3) is 3.63. The first-order valence-electron chi connectivity index (χ1n) is 3.85. The Hall–Kier alpha value is -1.47. The predicted molar refractivity (Wildman–Crippen MR) is 54.8 cm³/mol. The van der Waals surface area contributed by atoms with Crippen LogP contribution in [0.1, 0.15) is 6.42 Å². The van der Waals surface area contributed by atoms with Gasteiger partial charge in [0.1, 0.15) is 0 Å². The Kier molecular flexibility index (Phi) is 3.86. The summed E-state index contributed by atoms with van der Waals surface area (Å²) < 4.78 is 0. The van der Waals surface area contributed by atoms with E-state index in [9.17, 15) is 4.79 Å². The molecular formula is C9H10N2OS. The first kappa shape index (κ1) is 9.62. The van der Waals surface area contributed by atoms with Gasteiger partial charge >= 0.3 is 6.03 Å². The van der Waals surface area contributed by atoms with Crippen molar-refractivity contribution in [3.8, 4) is 12.3 Å². The number of hydrogen-bond donors (Lipinski definition) is 2. The highest BCUT2D eigenvalue weighted by Gasteiger charge is 1.99. The molecule has 0 saturated carbocycles. The molecule has 0 aliphatic heterocycles. The lowest BCUT2D eigenvalue weighted by molar-refractivity contribution is 0.252. The Balaban J connectivity index is 2.23. The number of hydrogen-bond acceptors (Lipinski definition) is 2. The van der Waals surface area contributed by atoms with Crippen molar-refractivity contribution in [1.29, 1.82) is 0 Å². The lowest BCUT2D eigenvalue weighted by Crippen LogP contribution is -2.28. The van der Waals surface area contributed by atoms with Crippen LogP contribution in [0.25, 0.3) is 0 Å². The molecule has 1 rings (SSSR count). The fourth-order valence-electron chi connectivity index (χ4n) is 0.754. The maximum atomic E-state index is 11.1. The molecule has 2 N–H and O–H groups in total. The summed E-state index contributed by atoms with van der Waals surface area (Å²) in [6.45, 7) is 0.508. The molecule has 0 bridgehead atoms. The highest BCUT2D eigenvalue weighted by molar-refractivity contribution is 7.14. The highest BCUT2D eigenvalue weighted by Crippen LogP contribution is 2.14. The van der Waals surface area contributed by atoms with Gasteiger partial charge in [0.2, 0.25) is 0 Å². The fourth-order valence-corrected chi connectivity index (χ4v) is 1.37. The van der Waals surface area contributed by atoms with Crippen molar-refractivity contribution in [2.45, 2.75) is 6.42 Å². The molecule has 2 amide bonds. The lowest BCUT2D eigenvalue weighted by Gasteiger charge is -2.02. The Labute approximate surface area is 81.2 Å². The molecule has 0 aliphatic carbocycles. The largest absolute Gasteiger partial charge is 0.337 e. The maximum Gasteiger partial charge on any atom is 0.319 e. The normalized spacial score (nSPS) is 8.85. The predicted octanol–water partition coefficient (Wildman–Crippen LogP) is 1.89. The van der Waals surface area contributed by atoms with Gasteiger partial charge < -0.3 is 5.32 Å². The molecule has 1 aromatic rings. The van der Waals surface area contributed by atoms with Crippen LogP contribution < -0.4 is 10.6 Å². The van der Waals surface area contributed by atoms with Crippen LogP contribution in [0.15, 0.2) is 17.5 Å². The summed E-state index contributed by atoms with van der Waals surface area (Å²) >= 11 is 1.48. The van der Waals surface area contributed by atoms with Gasteiger partial charge in [-0.3, -0.25) is 5.32 Å². The molecule has 0 unspecified atom stereocenters. The van der Waals surface area contributed by atoms with Crippen molar-refractivity contribution < 1.29 is 4.79 Å². The van der Waals surface area contributed by atoms with E-state index >= 15 is 0 Å². The molecular weight excluding hydrogens is 184 g/mol. The molecule has 0 aliphatic rings. The van der Waals surface area contributed by atoms with Gasteiger partial charge in [0.05, 0.1) is 5.00 Å². The van der Waals surface area contributed by atoms with E-state index in [0.717, 1.165) is 5.00 Å². The summed E-state index contributed by atoms with van der Waals surface area (Å²) in [6, 6.07) is 3.50. The smallest absolute Gasteiger partial charge is 0.319 e. The second-order valence-corrected chi connectivity index (χ2v) is 3.26. The maximum absolute atomic E-state index is 11.1. The zero-order valence-electron chi connectivity index (χ0n) is 7.04. The molecule has 0 fully saturated rings. The first-order valence-corrected chi connectivity index (χ1v) is 4.72. The number of anilines is 1. The van der Waals surface area contributed by atoms with Crippen LogP contribution in [0.3, 0.4) is 0 Å². The molecule has 0 spiro atoms. The molecule has 13 heavy (non-hydrogen) atoms. The van der Waals surface area contributed by atoms with E-state index in [0.29, 0.717) is 13.0 Å². The van der Waals surface area contributed by atoms with E-state index in [4.69, 9.17) is 6.42 Å². The number of rotatable bonds is 3. The second kappa shape index (κ2) is 5.22. The van der Waals surface area contributed by atoms with Crippen LogP contribution in [-0.4, -0.2) is 12.6 Å². The molecule has 0 atom stereocenters. The molecule has 0 saturated heterocycles. The molecule has 1 aromatic heterocycles. The van der Waals surface area contributed by atoms with Gasteiger partial charge in [-0.1, -0.05) is 0 Å². The van der Waals surface area contributed by atoms with Crippen LogP contribution >= 0.6 is 11.3 Å². The number of thiophene rings is 1. The van der Waals surface area contributed by atoms with Gasteiger partial charge in [-0.15, -0.1) is 23.7 Å². The average molecular weight is 194 g/mol. The van der Waals surface area contributed by atoms with Crippen LogP contribution in [-0.2, 0) is 0 Å². The number of carbonyl (C=O) groups is 1. The SMILES string of the molecule is C#CCCNC(=O)Nc1cccs1. The summed E-state index contributed by atoms with van der Waals surface area (Å²) in [6.07, 6.45) is 5.58. The van der Waals surface area contributed by atoms with E-state index < -0.39 is 0 Å². The van der Waals surface area contributed by atoms with Gasteiger partial charge in [0.15, 0.2) is 0 Å². The van der Waals surface area contributed by atoms with Crippen LogP contribution in [0.2, 0.25) is 0 Å². The third-order valence-corrected chi connectivity index (χ3v) is 2.10. The standard InChI is InChI=1S/C9H10N2OS/c1-2-3-6-10-9(12)11-8-5-4-7-13-8/h1,4-5,7H,3,6H2,(H2,10,11,12). The van der Waals surface area contributed by atoms with Gasteiger partial charge in [-0.2, -0.15) is 0 Å². The minimum Gasteiger partial charge on any atom is -0.337 e. The Morgan fingerprint density at radius 1 is 1.69 bits per heavy atom. The molecule has 68 valence electrons. The van der Waals surface area contributed by atoms with E-state index in [1.165, 1.54) is 11.3 Å². The summed E-state index contributed by atoms with van der Waals surface area (Å²) in [5.41, 5.74) is 0. The fraction of sp³-hybridized carbons (Fsp3) is 0.222. The van der Waals surface area contributed by atoms with Gasteiger partial charge in [-0.05, 0) is 17.5 Å². The van der Waals surface area contributed by atoms with Crippen LogP contribution in [0, 0.1) is 12.3 Å². The lowest BCUT2D eigenvalue weighted by atomic mass is 10.4. The van der Waals surface area contributed by atoms with Crippen molar-refractivity contribution in [2.75, 3.05) is 11.9 Å². The quantitative estimate of drug-likeness (QED) is 0.560. The topological polar surface area (TPSA) is 41.1 Å². The highest BCUT2D eigenvalue weighted by atomic mass is 32.1. The summed E-state index contributed by atoms with van der Waals surface area (Å²) in [5.74, 6) is 2.44. The monoisotopic (exact) mass is 194 g/mol. The van der Waals surface area contributed by atoms with Gasteiger partial charge in [0.25, 0.3) is 0 Å². The average Bonchev–Trinajstić information content (AvgIpc) is 2.57. The van der Waals surface area contributed by atoms with Crippen molar-refractivity contribution in [2.24, 2.45) is 0 Å². The third-order valence-electron chi connectivity index (χ3n) is 1.31. The zero-order valence-corrected chi connectivity index (χ0v) is 7.86. The van der Waals surface area contributed by atoms with Gasteiger partial charge in [-0.25, -0.2) is 4.79 Å². The van der Waals surface area contributed by atoms with E-state index in [1.54, 1.807) is 0 Å². The molecule has 1 heterocycles. The minimum absolute atomic E-state index is 0.210. The van der Waals surface area contributed by atoms with Gasteiger partial charge in [0, 0.05) is 13.0 Å². The number of urea groups is 1. The van der Waals surface area contributed by atoms with E-state index in [1.807, 2.05) is 17.5 Å². The van der Waals surface area contributed by atoms with Crippen molar-refractivity contribution in [3.63, 3.8) is 0 Å². The number of carbonyl (C=O) groups excluding carboxylic acids is 1. The second-order valence-electron chi connectivity index (χ2n) is 2.31. The van der Waals surface area contributed by atoms with Crippen LogP contribution in [0.4, 0.5) is 9.80 Å². The summed E-state index contributed by atoms with van der Waals surface area (Å²) in [7, 11) is 0.